The minimum atomic E-state index is -2.60. The Morgan fingerprint density at radius 2 is 1.35 bits per heavy atom. The van der Waals surface area contributed by atoms with Crippen LogP contribution in [0.25, 0.3) is 0 Å². The van der Waals surface area contributed by atoms with Gasteiger partial charge < -0.3 is 27.9 Å². The number of thioether (sulfide) groups is 1. The zero-order valence-electron chi connectivity index (χ0n) is 38.1. The van der Waals surface area contributed by atoms with E-state index in [0.29, 0.717) is 28.6 Å². The molecule has 12 nitrogen and oxygen atoms in total. The molecule has 65 heavy (non-hydrogen) atoms. The predicted octanol–water partition coefficient (Wildman–Crippen LogP) is 9.86. The summed E-state index contributed by atoms with van der Waals surface area (Å²) < 4.78 is 44.4. The molecule has 2 aliphatic rings. The van der Waals surface area contributed by atoms with Crippen molar-refractivity contribution in [2.45, 2.75) is 81.9 Å². The van der Waals surface area contributed by atoms with Gasteiger partial charge in [-0.2, -0.15) is 0 Å². The number of carbonyl (C=O) groups excluding carboxylic acids is 1. The summed E-state index contributed by atoms with van der Waals surface area (Å²) in [6, 6.07) is 36.4. The second-order valence-electron chi connectivity index (χ2n) is 17.5. The third-order valence-corrected chi connectivity index (χ3v) is 22.0. The van der Waals surface area contributed by atoms with Gasteiger partial charge in [-0.1, -0.05) is 129 Å². The first kappa shape index (κ1) is 48.9. The molecule has 1 N–H and O–H groups in total. The maximum Gasteiger partial charge on any atom is 0.330 e. The van der Waals surface area contributed by atoms with E-state index >= 15 is 0 Å². The Morgan fingerprint density at radius 3 is 1.91 bits per heavy atom. The predicted molar refractivity (Wildman–Crippen MR) is 264 cm³/mol. The maximum absolute atomic E-state index is 13.7. The molecular formula is C49H60N3O9PS2Si. The Balaban J connectivity index is 1.31. The quantitative estimate of drug-likeness (QED) is 0.0366. The molecule has 5 aromatic rings. The van der Waals surface area contributed by atoms with Crippen molar-refractivity contribution in [1.29, 1.82) is 0 Å². The number of aromatic amines is 1. The minimum absolute atomic E-state index is 0.0128. The number of methoxy groups -OCH3 is 2. The van der Waals surface area contributed by atoms with E-state index in [9.17, 15) is 14.4 Å². The number of H-pyrrole nitrogens is 1. The average Bonchev–Trinajstić information content (AvgIpc) is 3.96. The second kappa shape index (κ2) is 21.7. The van der Waals surface area contributed by atoms with Crippen LogP contribution in [-0.2, 0) is 24.0 Å². The first-order chi connectivity index (χ1) is 31.2. The minimum Gasteiger partial charge on any atom is -0.497 e. The van der Waals surface area contributed by atoms with Crippen LogP contribution in [0.5, 0.6) is 11.5 Å². The fraction of sp³-hybridized carbons (Fsp3) is 0.408. The molecule has 0 saturated carbocycles. The van der Waals surface area contributed by atoms with Crippen molar-refractivity contribution in [3.63, 3.8) is 0 Å². The summed E-state index contributed by atoms with van der Waals surface area (Å²) in [4.78, 5) is 41.7. The topological polar surface area (TPSA) is 131 Å². The summed E-state index contributed by atoms with van der Waals surface area (Å²) in [5.41, 5.74) is 0.964. The van der Waals surface area contributed by atoms with Gasteiger partial charge in [-0.15, -0.1) is 0 Å². The van der Waals surface area contributed by atoms with Crippen LogP contribution >= 0.6 is 30.6 Å². The molecular weight excluding hydrogens is 898 g/mol. The highest BCUT2D eigenvalue weighted by Crippen LogP contribution is 2.59. The molecule has 0 radical (unpaired) electrons. The van der Waals surface area contributed by atoms with Crippen molar-refractivity contribution in [2.75, 3.05) is 45.4 Å². The Labute approximate surface area is 392 Å². The van der Waals surface area contributed by atoms with Gasteiger partial charge >= 0.3 is 5.69 Å². The standard InChI is InChI=1S/C49H60N3O9PS2Si/c1-48(2,3)65(6,7)61-44-43(60-62(51-29-14-15-30-51)64-33-32-63-46(54)35-16-10-8-11-17-35)41(59-45(44)52-31-28-42(53)50-47(52)55)34-58-49(36-18-12-9-13-19-36,37-20-24-39(56-4)25-21-37)38-22-26-40(57-5)27-23-38/h8-13,16-28,31,41,43-45H,14-15,29-30,32-34H2,1-7H3,(H,50,53,55)/t41-,43-,44-,45-,62?/m1/s1. The molecule has 16 heteroatoms. The highest BCUT2D eigenvalue weighted by atomic mass is 32.7. The van der Waals surface area contributed by atoms with E-state index in [4.69, 9.17) is 27.9 Å². The molecule has 0 aliphatic carbocycles. The van der Waals surface area contributed by atoms with Crippen molar-refractivity contribution in [2.24, 2.45) is 0 Å². The highest BCUT2D eigenvalue weighted by Gasteiger charge is 2.54. The van der Waals surface area contributed by atoms with Crippen LogP contribution in [0, 0.1) is 0 Å². The normalized spacial score (nSPS) is 19.9. The highest BCUT2D eigenvalue weighted by molar-refractivity contribution is 8.53. The van der Waals surface area contributed by atoms with E-state index in [-0.39, 0.29) is 16.8 Å². The largest absolute Gasteiger partial charge is 0.497 e. The van der Waals surface area contributed by atoms with Gasteiger partial charge in [0.15, 0.2) is 22.0 Å². The number of benzene rings is 4. The van der Waals surface area contributed by atoms with Crippen LogP contribution in [-0.4, -0.2) is 91.4 Å². The first-order valence-electron chi connectivity index (χ1n) is 21.9. The van der Waals surface area contributed by atoms with E-state index in [0.717, 1.165) is 42.6 Å². The Bertz CT molecular complexity index is 2380. The summed E-state index contributed by atoms with van der Waals surface area (Å²) in [5.74, 6) is 2.68. The molecule has 1 aromatic heterocycles. The lowest BCUT2D eigenvalue weighted by Gasteiger charge is -2.41. The molecule has 2 fully saturated rings. The molecule has 2 saturated heterocycles. The Kier molecular flexibility index (Phi) is 16.3. The number of aromatic nitrogens is 2. The summed E-state index contributed by atoms with van der Waals surface area (Å²) in [7, 11) is -0.634. The van der Waals surface area contributed by atoms with Gasteiger partial charge in [0.25, 0.3) is 5.56 Å². The van der Waals surface area contributed by atoms with E-state index < -0.39 is 57.2 Å². The zero-order chi connectivity index (χ0) is 46.2. The van der Waals surface area contributed by atoms with Crippen molar-refractivity contribution in [3.8, 4) is 11.5 Å². The lowest BCUT2D eigenvalue weighted by atomic mass is 9.80. The van der Waals surface area contributed by atoms with Crippen LogP contribution in [0.3, 0.4) is 0 Å². The lowest BCUT2D eigenvalue weighted by Crippen LogP contribution is -2.50. The number of nitrogens with one attached hydrogen (secondary N) is 1. The summed E-state index contributed by atoms with van der Waals surface area (Å²) in [5, 5.41) is -0.180. The van der Waals surface area contributed by atoms with Gasteiger partial charge in [0.2, 0.25) is 5.12 Å². The number of hydrogen-bond donors (Lipinski definition) is 1. The van der Waals surface area contributed by atoms with Crippen molar-refractivity contribution < 1.29 is 32.7 Å². The van der Waals surface area contributed by atoms with Crippen molar-refractivity contribution in [1.82, 2.24) is 14.2 Å². The van der Waals surface area contributed by atoms with Crippen LogP contribution in [0.15, 0.2) is 131 Å². The molecule has 3 heterocycles. The molecule has 0 bridgehead atoms. The van der Waals surface area contributed by atoms with Gasteiger partial charge in [-0.05, 0) is 71.9 Å². The summed E-state index contributed by atoms with van der Waals surface area (Å²) in [6.07, 6.45) is 0.306. The number of carbonyl (C=O) groups is 1. The fourth-order valence-corrected chi connectivity index (χ4v) is 14.4. The van der Waals surface area contributed by atoms with Crippen LogP contribution in [0.1, 0.15) is 66.9 Å². The van der Waals surface area contributed by atoms with E-state index in [1.54, 1.807) is 25.6 Å². The molecule has 1 unspecified atom stereocenters. The van der Waals surface area contributed by atoms with Crippen LogP contribution < -0.4 is 20.7 Å². The summed E-state index contributed by atoms with van der Waals surface area (Å²) >= 11 is 3.02. The van der Waals surface area contributed by atoms with Gasteiger partial charge in [0.05, 0.1) is 20.8 Å². The van der Waals surface area contributed by atoms with Crippen molar-refractivity contribution >= 4 is 44.1 Å². The molecule has 0 spiro atoms. The molecule has 0 amide bonds. The van der Waals surface area contributed by atoms with Gasteiger partial charge in [0.1, 0.15) is 35.4 Å². The van der Waals surface area contributed by atoms with E-state index in [2.05, 4.69) is 43.5 Å². The van der Waals surface area contributed by atoms with Crippen molar-refractivity contribution in [3.05, 3.63) is 165 Å². The van der Waals surface area contributed by atoms with Crippen LogP contribution in [0.2, 0.25) is 18.1 Å². The SMILES string of the molecule is COc1ccc(C(OC[C@H]2O[C@@H](n3ccc(=O)[nH]c3=O)[C@H](O[Si](C)(C)C(C)(C)C)[C@@H]2OP(SCCSC(=O)c2ccccc2)N2CCCC2)(c2ccccc2)c2ccc(OC)cc2)cc1. The molecule has 7 rings (SSSR count). The molecule has 346 valence electrons. The third-order valence-electron chi connectivity index (χ3n) is 12.3. The van der Waals surface area contributed by atoms with E-state index in [1.165, 1.54) is 28.6 Å². The third kappa shape index (κ3) is 11.4. The molecule has 4 aromatic carbocycles. The van der Waals surface area contributed by atoms with Crippen LogP contribution in [0.4, 0.5) is 0 Å². The van der Waals surface area contributed by atoms with Gasteiger partial charge in [-0.3, -0.25) is 23.8 Å². The number of hydrogen-bond acceptors (Lipinski definition) is 12. The monoisotopic (exact) mass is 957 g/mol. The zero-order valence-corrected chi connectivity index (χ0v) is 41.7. The van der Waals surface area contributed by atoms with Gasteiger partial charge in [-0.25, -0.2) is 4.79 Å². The number of rotatable bonds is 19. The van der Waals surface area contributed by atoms with E-state index in [1.807, 2.05) is 109 Å². The molecule has 5 atom stereocenters. The molecule has 2 aliphatic heterocycles. The van der Waals surface area contributed by atoms with Gasteiger partial charge in [0, 0.05) is 42.4 Å². The lowest BCUT2D eigenvalue weighted by molar-refractivity contribution is -0.0933. The Morgan fingerprint density at radius 1 is 0.785 bits per heavy atom. The smallest absolute Gasteiger partial charge is 0.330 e. The number of nitrogens with zero attached hydrogens (tertiary/aromatic N) is 2. The number of ether oxygens (including phenoxy) is 4. The summed E-state index contributed by atoms with van der Waals surface area (Å²) in [6.45, 7) is 12.6. The Hall–Kier alpha value is -4.02. The second-order valence-corrected chi connectivity index (χ2v) is 27.0. The fourth-order valence-electron chi connectivity index (χ4n) is 7.80. The first-order valence-corrected chi connectivity index (χ1v) is 28.6. The maximum atomic E-state index is 13.7. The average molecular weight is 958 g/mol.